The van der Waals surface area contributed by atoms with Gasteiger partial charge in [0.15, 0.2) is 0 Å². The fraction of sp³-hybridized carbons (Fsp3) is 0.227. The Kier molecular flexibility index (Phi) is 4.97. The number of para-hydroxylation sites is 2. The molecule has 0 saturated carbocycles. The quantitative estimate of drug-likeness (QED) is 0.716. The smallest absolute Gasteiger partial charge is 0.232 e. The summed E-state index contributed by atoms with van der Waals surface area (Å²) < 4.78 is 6.00. The average Bonchev–Trinajstić information content (AvgIpc) is 3.20. The summed E-state index contributed by atoms with van der Waals surface area (Å²) in [5.41, 5.74) is 1.83. The minimum absolute atomic E-state index is 0.0148. The first-order valence-corrected chi connectivity index (χ1v) is 10.00. The lowest BCUT2D eigenvalue weighted by Gasteiger charge is -2.28. The van der Waals surface area contributed by atoms with Crippen LogP contribution in [0.4, 0.5) is 0 Å². The second kappa shape index (κ2) is 7.55. The van der Waals surface area contributed by atoms with Gasteiger partial charge in [-0.05, 0) is 23.6 Å². The Balaban J connectivity index is 1.60. The highest BCUT2D eigenvalue weighted by molar-refractivity contribution is 7.10. The Hall–Kier alpha value is -2.63. The highest BCUT2D eigenvalue weighted by atomic mass is 32.1. The summed E-state index contributed by atoms with van der Waals surface area (Å²) >= 11 is 1.73. The maximum atomic E-state index is 13.2. The maximum absolute atomic E-state index is 13.2. The van der Waals surface area contributed by atoms with Crippen LogP contribution in [0.25, 0.3) is 0 Å². The molecule has 5 heteroatoms. The summed E-state index contributed by atoms with van der Waals surface area (Å²) in [5, 5.41) is 5.28. The standard InChI is InChI=1S/C22H22N2O2S/c1-24(2)17(20-12-7-13-27-20)14-23-22(25)21-15-8-3-5-10-18(15)26-19-11-6-4-9-16(19)21/h3-13,17,21H,14H2,1-2H3,(H,23,25)/p+1/t17-/m1/s1. The van der Waals surface area contributed by atoms with Crippen molar-refractivity contribution in [3.8, 4) is 11.5 Å². The van der Waals surface area contributed by atoms with Gasteiger partial charge in [0.05, 0.1) is 31.4 Å². The molecule has 0 aliphatic carbocycles. The van der Waals surface area contributed by atoms with Gasteiger partial charge in [-0.2, -0.15) is 0 Å². The number of carbonyl (C=O) groups is 1. The van der Waals surface area contributed by atoms with Gasteiger partial charge in [0.2, 0.25) is 5.91 Å². The van der Waals surface area contributed by atoms with Gasteiger partial charge in [-0.15, -0.1) is 11.3 Å². The van der Waals surface area contributed by atoms with Gasteiger partial charge >= 0.3 is 0 Å². The number of benzene rings is 2. The molecule has 3 aromatic rings. The number of carbonyl (C=O) groups excluding carboxylic acids is 1. The molecule has 0 fully saturated rings. The highest BCUT2D eigenvalue weighted by Gasteiger charge is 2.33. The Morgan fingerprint density at radius 1 is 1.04 bits per heavy atom. The first-order valence-electron chi connectivity index (χ1n) is 9.12. The molecule has 4 nitrogen and oxygen atoms in total. The van der Waals surface area contributed by atoms with Crippen LogP contribution in [0.15, 0.2) is 66.0 Å². The van der Waals surface area contributed by atoms with E-state index >= 15 is 0 Å². The summed E-state index contributed by atoms with van der Waals surface area (Å²) in [6.45, 7) is 0.601. The molecule has 0 bridgehead atoms. The Morgan fingerprint density at radius 2 is 1.67 bits per heavy atom. The second-order valence-corrected chi connectivity index (χ2v) is 7.98. The van der Waals surface area contributed by atoms with Gasteiger partial charge in [0.25, 0.3) is 0 Å². The van der Waals surface area contributed by atoms with Gasteiger partial charge in [-0.3, -0.25) is 4.79 Å². The van der Waals surface area contributed by atoms with Crippen molar-refractivity contribution >= 4 is 17.2 Å². The minimum atomic E-state index is -0.354. The number of fused-ring (bicyclic) bond motifs is 2. The lowest BCUT2D eigenvalue weighted by atomic mass is 9.87. The largest absolute Gasteiger partial charge is 0.457 e. The zero-order valence-corrected chi connectivity index (χ0v) is 16.3. The molecular weight excluding hydrogens is 356 g/mol. The Morgan fingerprint density at radius 3 is 2.22 bits per heavy atom. The zero-order valence-electron chi connectivity index (χ0n) is 15.4. The molecule has 0 saturated heterocycles. The fourth-order valence-corrected chi connectivity index (χ4v) is 4.53. The molecule has 27 heavy (non-hydrogen) atoms. The van der Waals surface area contributed by atoms with Gasteiger partial charge < -0.3 is 15.0 Å². The van der Waals surface area contributed by atoms with Crippen LogP contribution in [-0.2, 0) is 4.79 Å². The van der Waals surface area contributed by atoms with E-state index in [-0.39, 0.29) is 17.9 Å². The van der Waals surface area contributed by atoms with Crippen LogP contribution in [0.5, 0.6) is 11.5 Å². The number of hydrogen-bond acceptors (Lipinski definition) is 3. The molecule has 2 heterocycles. The predicted molar refractivity (Wildman–Crippen MR) is 108 cm³/mol. The molecule has 138 valence electrons. The third-order valence-electron chi connectivity index (χ3n) is 5.01. The Labute approximate surface area is 163 Å². The third-order valence-corrected chi connectivity index (χ3v) is 5.99. The van der Waals surface area contributed by atoms with Crippen LogP contribution in [0.1, 0.15) is 28.0 Å². The third kappa shape index (κ3) is 3.48. The van der Waals surface area contributed by atoms with E-state index in [1.807, 2.05) is 48.5 Å². The van der Waals surface area contributed by atoms with Crippen molar-refractivity contribution < 1.29 is 14.4 Å². The van der Waals surface area contributed by atoms with E-state index in [9.17, 15) is 4.79 Å². The van der Waals surface area contributed by atoms with Crippen molar-refractivity contribution in [3.63, 3.8) is 0 Å². The van der Waals surface area contributed by atoms with Crippen molar-refractivity contribution in [2.75, 3.05) is 20.6 Å². The number of likely N-dealkylation sites (N-methyl/N-ethyl adjacent to an activating group) is 1. The van der Waals surface area contributed by atoms with Gasteiger partial charge in [0.1, 0.15) is 17.5 Å². The Bertz CT molecular complexity index is 892. The molecule has 4 rings (SSSR count). The fourth-order valence-electron chi connectivity index (χ4n) is 3.58. The van der Waals surface area contributed by atoms with Crippen molar-refractivity contribution in [1.29, 1.82) is 0 Å². The second-order valence-electron chi connectivity index (χ2n) is 7.00. The molecule has 1 amide bonds. The van der Waals surface area contributed by atoms with Gasteiger partial charge in [-0.25, -0.2) is 0 Å². The highest BCUT2D eigenvalue weighted by Crippen LogP contribution is 2.43. The van der Waals surface area contributed by atoms with Crippen LogP contribution in [0, 0.1) is 0 Å². The molecule has 0 unspecified atom stereocenters. The van der Waals surface area contributed by atoms with Crippen LogP contribution in [-0.4, -0.2) is 26.5 Å². The summed E-state index contributed by atoms with van der Waals surface area (Å²) in [7, 11) is 4.24. The van der Waals surface area contributed by atoms with E-state index in [2.05, 4.69) is 36.9 Å². The summed E-state index contributed by atoms with van der Waals surface area (Å²) in [6, 6.07) is 20.0. The molecule has 2 N–H and O–H groups in total. The topological polar surface area (TPSA) is 42.8 Å². The zero-order chi connectivity index (χ0) is 18.8. The molecule has 1 aliphatic heterocycles. The molecule has 0 radical (unpaired) electrons. The van der Waals surface area contributed by atoms with Crippen molar-refractivity contribution in [2.45, 2.75) is 12.0 Å². The van der Waals surface area contributed by atoms with E-state index in [4.69, 9.17) is 4.74 Å². The van der Waals surface area contributed by atoms with Crippen molar-refractivity contribution in [3.05, 3.63) is 82.0 Å². The van der Waals surface area contributed by atoms with Gasteiger partial charge in [-0.1, -0.05) is 42.5 Å². The molecule has 2 aromatic carbocycles. The van der Waals surface area contributed by atoms with Crippen molar-refractivity contribution in [2.24, 2.45) is 0 Å². The first-order chi connectivity index (χ1) is 13.1. The molecule has 1 atom stereocenters. The van der Waals surface area contributed by atoms with Crippen LogP contribution in [0.2, 0.25) is 0 Å². The van der Waals surface area contributed by atoms with E-state index < -0.39 is 0 Å². The first kappa shape index (κ1) is 17.8. The number of quaternary nitrogens is 1. The van der Waals surface area contributed by atoms with E-state index in [1.54, 1.807) is 11.3 Å². The number of hydrogen-bond donors (Lipinski definition) is 2. The van der Waals surface area contributed by atoms with E-state index in [0.29, 0.717) is 6.54 Å². The SMILES string of the molecule is C[NH+](C)[C@H](CNC(=O)C1c2ccccc2Oc2ccccc21)c1cccs1. The summed E-state index contributed by atoms with van der Waals surface area (Å²) in [4.78, 5) is 15.8. The maximum Gasteiger partial charge on any atom is 0.232 e. The number of amides is 1. The number of ether oxygens (including phenoxy) is 1. The van der Waals surface area contributed by atoms with Crippen LogP contribution < -0.4 is 15.0 Å². The monoisotopic (exact) mass is 379 g/mol. The van der Waals surface area contributed by atoms with E-state index in [0.717, 1.165) is 22.6 Å². The molecule has 1 aliphatic rings. The van der Waals surface area contributed by atoms with Crippen molar-refractivity contribution in [1.82, 2.24) is 5.32 Å². The van der Waals surface area contributed by atoms with E-state index in [1.165, 1.54) is 9.78 Å². The summed E-state index contributed by atoms with van der Waals surface area (Å²) in [5.74, 6) is 1.17. The molecule has 0 spiro atoms. The molecule has 1 aromatic heterocycles. The number of nitrogens with one attached hydrogen (secondary N) is 2. The molecular formula is C22H23N2O2S+. The number of thiophene rings is 1. The lowest BCUT2D eigenvalue weighted by Crippen LogP contribution is -3.06. The number of rotatable bonds is 5. The van der Waals surface area contributed by atoms with Crippen LogP contribution in [0.3, 0.4) is 0 Å². The summed E-state index contributed by atoms with van der Waals surface area (Å²) in [6.07, 6.45) is 0. The minimum Gasteiger partial charge on any atom is -0.457 e. The average molecular weight is 380 g/mol. The predicted octanol–water partition coefficient (Wildman–Crippen LogP) is 2.99. The lowest BCUT2D eigenvalue weighted by molar-refractivity contribution is -0.890. The van der Waals surface area contributed by atoms with Crippen LogP contribution >= 0.6 is 11.3 Å². The normalized spacial score (nSPS) is 14.2. The van der Waals surface area contributed by atoms with Gasteiger partial charge in [0, 0.05) is 11.1 Å².